The zero-order valence-electron chi connectivity index (χ0n) is 22.0. The topological polar surface area (TPSA) is 50.7 Å². The van der Waals surface area contributed by atoms with E-state index in [1.54, 1.807) is 11.3 Å². The second-order valence-corrected chi connectivity index (χ2v) is 11.8. The lowest BCUT2D eigenvalue weighted by atomic mass is 9.72. The molecule has 4 aromatic rings. The fourth-order valence-corrected chi connectivity index (χ4v) is 6.44. The van der Waals surface area contributed by atoms with Crippen molar-refractivity contribution in [1.29, 1.82) is 0 Å². The van der Waals surface area contributed by atoms with Crippen LogP contribution >= 0.6 is 11.3 Å². The van der Waals surface area contributed by atoms with Crippen LogP contribution in [0.2, 0.25) is 0 Å². The smallest absolute Gasteiger partial charge is 0.259 e. The van der Waals surface area contributed by atoms with E-state index in [0.29, 0.717) is 12.5 Å². The summed E-state index contributed by atoms with van der Waals surface area (Å²) in [6.07, 6.45) is 4.89. The third kappa shape index (κ3) is 5.33. The lowest BCUT2D eigenvalue weighted by Gasteiger charge is -2.33. The predicted molar refractivity (Wildman–Crippen MR) is 156 cm³/mol. The highest BCUT2D eigenvalue weighted by atomic mass is 32.1. The second kappa shape index (κ2) is 10.5. The number of nitrogens with one attached hydrogen (secondary N) is 1. The minimum Gasteiger partial charge on any atom is -0.493 e. The monoisotopic (exact) mass is 510 g/mol. The predicted octanol–water partition coefficient (Wildman–Crippen LogP) is 8.45. The molecule has 0 saturated heterocycles. The summed E-state index contributed by atoms with van der Waals surface area (Å²) in [4.78, 5) is 19.8. The Bertz CT molecular complexity index is 1450. The number of ether oxygens (including phenoxy) is 1. The highest BCUT2D eigenvalue weighted by Crippen LogP contribution is 2.45. The Kier molecular flexibility index (Phi) is 7.16. The van der Waals surface area contributed by atoms with Crippen LogP contribution in [-0.4, -0.2) is 18.7 Å². The number of rotatable bonds is 6. The van der Waals surface area contributed by atoms with Crippen molar-refractivity contribution in [2.24, 2.45) is 16.3 Å². The molecule has 0 spiro atoms. The first-order valence-electron chi connectivity index (χ1n) is 13.0. The van der Waals surface area contributed by atoms with Gasteiger partial charge in [0.1, 0.15) is 10.8 Å². The summed E-state index contributed by atoms with van der Waals surface area (Å²) < 4.78 is 5.84. The van der Waals surface area contributed by atoms with E-state index in [1.807, 2.05) is 67.7 Å². The van der Waals surface area contributed by atoms with Crippen molar-refractivity contribution in [3.63, 3.8) is 0 Å². The number of thiophene rings is 1. The zero-order valence-corrected chi connectivity index (χ0v) is 22.8. The molecule has 190 valence electrons. The lowest BCUT2D eigenvalue weighted by molar-refractivity contribution is 0.102. The number of hydrogen-bond acceptors (Lipinski definition) is 4. The standard InChI is InChI=1S/C32H34N2O2S/c1-5-36-27-18-15-21(24-13-9-10-14-25(24)27)20-33-31-29(30(35)34-23-11-7-6-8-12-23)26-17-16-22(32(2,3)4)19-28(26)37-31/h6-15,18,20,22H,5,16-17,19H2,1-4H3,(H,34,35)/t22-/m1/s1. The minimum absolute atomic E-state index is 0.0818. The molecular weight excluding hydrogens is 476 g/mol. The second-order valence-electron chi connectivity index (χ2n) is 10.7. The normalized spacial score (nSPS) is 15.6. The first-order valence-corrected chi connectivity index (χ1v) is 13.9. The van der Waals surface area contributed by atoms with Gasteiger partial charge in [-0.2, -0.15) is 0 Å². The van der Waals surface area contributed by atoms with E-state index in [4.69, 9.17) is 9.73 Å². The summed E-state index contributed by atoms with van der Waals surface area (Å²) in [6, 6.07) is 21.9. The van der Waals surface area contributed by atoms with Crippen LogP contribution in [0.25, 0.3) is 10.8 Å². The number of nitrogens with zero attached hydrogens (tertiary/aromatic N) is 1. The van der Waals surface area contributed by atoms with Gasteiger partial charge < -0.3 is 10.1 Å². The highest BCUT2D eigenvalue weighted by molar-refractivity contribution is 7.16. The van der Waals surface area contributed by atoms with Crippen LogP contribution in [0, 0.1) is 11.3 Å². The highest BCUT2D eigenvalue weighted by Gasteiger charge is 2.33. The van der Waals surface area contributed by atoms with Gasteiger partial charge in [-0.05, 0) is 72.7 Å². The maximum absolute atomic E-state index is 13.6. The first kappa shape index (κ1) is 25.2. The minimum atomic E-state index is -0.0818. The molecule has 1 amide bonds. The van der Waals surface area contributed by atoms with Gasteiger partial charge in [-0.15, -0.1) is 11.3 Å². The molecule has 1 aliphatic rings. The molecule has 37 heavy (non-hydrogen) atoms. The number of hydrogen-bond donors (Lipinski definition) is 1. The van der Waals surface area contributed by atoms with Crippen LogP contribution in [0.15, 0.2) is 71.7 Å². The molecule has 1 atom stereocenters. The summed E-state index contributed by atoms with van der Waals surface area (Å²) >= 11 is 1.67. The van der Waals surface area contributed by atoms with Gasteiger partial charge >= 0.3 is 0 Å². The number of carbonyl (C=O) groups excluding carboxylic acids is 1. The Morgan fingerprint density at radius 3 is 2.51 bits per heavy atom. The number of amides is 1. The largest absolute Gasteiger partial charge is 0.493 e. The number of benzene rings is 3. The molecule has 3 aromatic carbocycles. The van der Waals surface area contributed by atoms with Gasteiger partial charge in [-0.25, -0.2) is 4.99 Å². The van der Waals surface area contributed by atoms with Crippen LogP contribution < -0.4 is 10.1 Å². The van der Waals surface area contributed by atoms with E-state index in [0.717, 1.165) is 57.6 Å². The van der Waals surface area contributed by atoms with Gasteiger partial charge in [-0.3, -0.25) is 4.79 Å². The van der Waals surface area contributed by atoms with E-state index in [1.165, 1.54) is 10.4 Å². The van der Waals surface area contributed by atoms with Crippen molar-refractivity contribution in [1.82, 2.24) is 0 Å². The van der Waals surface area contributed by atoms with Gasteiger partial charge in [-0.1, -0.05) is 63.2 Å². The number of fused-ring (bicyclic) bond motifs is 2. The van der Waals surface area contributed by atoms with Crippen molar-refractivity contribution >= 4 is 44.9 Å². The SMILES string of the molecule is CCOc1ccc(C=Nc2sc3c(c2C(=O)Nc2ccccc2)CC[C@@H](C(C)(C)C)C3)c2ccccc12. The molecular formula is C32H34N2O2S. The molecule has 0 saturated carbocycles. The van der Waals surface area contributed by atoms with E-state index >= 15 is 0 Å². The number of aliphatic imine (C=N–C) groups is 1. The fourth-order valence-electron chi connectivity index (χ4n) is 5.17. The van der Waals surface area contributed by atoms with Gasteiger partial charge in [0.05, 0.1) is 12.2 Å². The molecule has 5 rings (SSSR count). The molecule has 0 aliphatic heterocycles. The molecule has 0 bridgehead atoms. The van der Waals surface area contributed by atoms with Crippen LogP contribution in [0.3, 0.4) is 0 Å². The van der Waals surface area contributed by atoms with Crippen molar-refractivity contribution in [2.45, 2.75) is 47.0 Å². The zero-order chi connectivity index (χ0) is 26.0. The molecule has 5 heteroatoms. The van der Waals surface area contributed by atoms with Gasteiger partial charge in [0, 0.05) is 27.7 Å². The molecule has 1 heterocycles. The maximum Gasteiger partial charge on any atom is 0.259 e. The van der Waals surface area contributed by atoms with Crippen LogP contribution in [0.5, 0.6) is 5.75 Å². The van der Waals surface area contributed by atoms with E-state index in [-0.39, 0.29) is 11.3 Å². The van der Waals surface area contributed by atoms with Crippen molar-refractivity contribution in [3.8, 4) is 5.75 Å². The summed E-state index contributed by atoms with van der Waals surface area (Å²) in [5.74, 6) is 1.38. The average Bonchev–Trinajstić information content (AvgIpc) is 3.26. The number of para-hydroxylation sites is 1. The first-order chi connectivity index (χ1) is 17.8. The summed E-state index contributed by atoms with van der Waals surface area (Å²) in [7, 11) is 0. The van der Waals surface area contributed by atoms with Crippen molar-refractivity contribution < 1.29 is 9.53 Å². The molecule has 4 nitrogen and oxygen atoms in total. The maximum atomic E-state index is 13.6. The van der Waals surface area contributed by atoms with Crippen LogP contribution in [-0.2, 0) is 12.8 Å². The number of anilines is 1. The van der Waals surface area contributed by atoms with Crippen molar-refractivity contribution in [2.75, 3.05) is 11.9 Å². The molecule has 0 radical (unpaired) electrons. The Morgan fingerprint density at radius 1 is 1.05 bits per heavy atom. The van der Waals surface area contributed by atoms with E-state index in [2.05, 4.69) is 38.2 Å². The molecule has 1 aromatic heterocycles. The average molecular weight is 511 g/mol. The molecule has 0 unspecified atom stereocenters. The van der Waals surface area contributed by atoms with Gasteiger partial charge in [0.15, 0.2) is 0 Å². The van der Waals surface area contributed by atoms with Crippen LogP contribution in [0.4, 0.5) is 10.7 Å². The third-order valence-corrected chi connectivity index (χ3v) is 8.43. The van der Waals surface area contributed by atoms with Gasteiger partial charge in [0.2, 0.25) is 0 Å². The lowest BCUT2D eigenvalue weighted by Crippen LogP contribution is -2.27. The Hall–Kier alpha value is -3.44. The summed E-state index contributed by atoms with van der Waals surface area (Å²) in [5, 5.41) is 6.03. The Labute approximate surface area is 223 Å². The summed E-state index contributed by atoms with van der Waals surface area (Å²) in [6.45, 7) is 9.56. The van der Waals surface area contributed by atoms with Crippen LogP contribution in [0.1, 0.15) is 60.5 Å². The van der Waals surface area contributed by atoms with E-state index < -0.39 is 0 Å². The number of carbonyl (C=O) groups is 1. The fraction of sp³-hybridized carbons (Fsp3) is 0.312. The quantitative estimate of drug-likeness (QED) is 0.265. The summed E-state index contributed by atoms with van der Waals surface area (Å²) in [5.41, 5.74) is 3.93. The molecule has 1 aliphatic carbocycles. The third-order valence-electron chi connectivity index (χ3n) is 7.27. The van der Waals surface area contributed by atoms with Gasteiger partial charge in [0.25, 0.3) is 5.91 Å². The van der Waals surface area contributed by atoms with E-state index in [9.17, 15) is 4.79 Å². The Balaban J connectivity index is 1.55. The Morgan fingerprint density at radius 2 is 1.78 bits per heavy atom. The molecule has 0 fully saturated rings. The van der Waals surface area contributed by atoms with Crippen molar-refractivity contribution in [3.05, 3.63) is 88.3 Å². The molecule has 1 N–H and O–H groups in total.